The third kappa shape index (κ3) is 5.18. The number of ether oxygens (including phenoxy) is 3. The van der Waals surface area contributed by atoms with Gasteiger partial charge in [-0.1, -0.05) is 23.9 Å². The van der Waals surface area contributed by atoms with Gasteiger partial charge in [-0.3, -0.25) is 4.79 Å². The first-order valence-corrected chi connectivity index (χ1v) is 9.90. The number of thioether (sulfide) groups is 1. The summed E-state index contributed by atoms with van der Waals surface area (Å²) in [6.45, 7) is 1.51. The van der Waals surface area contributed by atoms with E-state index in [1.165, 1.54) is 18.9 Å². The van der Waals surface area contributed by atoms with Crippen molar-refractivity contribution in [1.29, 1.82) is 0 Å². The number of carboxylic acid groups (broad SMARTS) is 1. The zero-order valence-electron chi connectivity index (χ0n) is 16.7. The van der Waals surface area contributed by atoms with Crippen molar-refractivity contribution in [3.05, 3.63) is 52.4 Å². The second-order valence-corrected chi connectivity index (χ2v) is 7.57. The Bertz CT molecular complexity index is 991. The predicted molar refractivity (Wildman–Crippen MR) is 115 cm³/mol. The molecule has 1 atom stereocenters. The lowest BCUT2D eigenvalue weighted by Gasteiger charge is -2.16. The molecule has 1 unspecified atom stereocenters. The van der Waals surface area contributed by atoms with Gasteiger partial charge in [-0.25, -0.2) is 4.79 Å². The lowest BCUT2D eigenvalue weighted by molar-refractivity contribution is -0.139. The number of amides is 1. The Kier molecular flexibility index (Phi) is 6.73. The number of nitrogens with one attached hydrogen (secondary N) is 2. The van der Waals surface area contributed by atoms with Gasteiger partial charge in [0.05, 0.1) is 24.8 Å². The van der Waals surface area contributed by atoms with Crippen molar-refractivity contribution in [1.82, 2.24) is 5.32 Å². The second kappa shape index (κ2) is 9.45. The quantitative estimate of drug-likeness (QED) is 0.549. The van der Waals surface area contributed by atoms with Gasteiger partial charge in [0.1, 0.15) is 5.75 Å². The van der Waals surface area contributed by atoms with Crippen LogP contribution >= 0.6 is 11.8 Å². The molecule has 158 valence electrons. The van der Waals surface area contributed by atoms with Crippen molar-refractivity contribution in [2.75, 3.05) is 26.1 Å². The van der Waals surface area contributed by atoms with Crippen LogP contribution in [0.5, 0.6) is 17.2 Å². The van der Waals surface area contributed by atoms with Crippen LogP contribution in [0.4, 0.5) is 5.69 Å². The molecule has 1 aliphatic heterocycles. The summed E-state index contributed by atoms with van der Waals surface area (Å²) in [6.07, 6.45) is 1.73. The molecule has 0 aliphatic carbocycles. The van der Waals surface area contributed by atoms with Gasteiger partial charge in [0.25, 0.3) is 5.91 Å². The van der Waals surface area contributed by atoms with Gasteiger partial charge in [0.2, 0.25) is 0 Å². The SMILES string of the molecule is COc1ccc(C)cc1NC1NC(=O)/C(=C/c2ccc(OCC(=O)O)c(OC)c2)S1. The molecule has 0 radical (unpaired) electrons. The molecule has 3 N–H and O–H groups in total. The number of aryl methyl sites for hydroxylation is 1. The van der Waals surface area contributed by atoms with Crippen LogP contribution < -0.4 is 24.8 Å². The standard InChI is InChI=1S/C21H22N2O6S/c1-12-4-6-15(27-2)14(8-12)22-21-23-20(26)18(30-21)10-13-5-7-16(17(9-13)28-3)29-11-19(24)25/h4-10,21-22H,11H2,1-3H3,(H,23,26)(H,24,25)/b18-10-. The maximum absolute atomic E-state index is 12.4. The smallest absolute Gasteiger partial charge is 0.341 e. The van der Waals surface area contributed by atoms with Gasteiger partial charge >= 0.3 is 5.97 Å². The first-order valence-electron chi connectivity index (χ1n) is 9.02. The highest BCUT2D eigenvalue weighted by molar-refractivity contribution is 8.05. The summed E-state index contributed by atoms with van der Waals surface area (Å²) in [6, 6.07) is 10.8. The average Bonchev–Trinajstić information content (AvgIpc) is 3.05. The Morgan fingerprint density at radius 1 is 1.17 bits per heavy atom. The largest absolute Gasteiger partial charge is 0.495 e. The minimum Gasteiger partial charge on any atom is -0.495 e. The fraction of sp³-hybridized carbons (Fsp3) is 0.238. The van der Waals surface area contributed by atoms with E-state index >= 15 is 0 Å². The molecular formula is C21H22N2O6S. The Balaban J connectivity index is 1.74. The first-order chi connectivity index (χ1) is 14.4. The highest BCUT2D eigenvalue weighted by Gasteiger charge is 2.28. The molecule has 1 fully saturated rings. The molecule has 2 aromatic rings. The fourth-order valence-corrected chi connectivity index (χ4v) is 3.80. The molecule has 30 heavy (non-hydrogen) atoms. The lowest BCUT2D eigenvalue weighted by Crippen LogP contribution is -2.31. The minimum atomic E-state index is -1.08. The normalized spacial score (nSPS) is 16.8. The van der Waals surface area contributed by atoms with Crippen molar-refractivity contribution >= 4 is 35.4 Å². The summed E-state index contributed by atoms with van der Waals surface area (Å²) in [5.41, 5.74) is 2.24. The van der Waals surface area contributed by atoms with Crippen molar-refractivity contribution < 1.29 is 28.9 Å². The van der Waals surface area contributed by atoms with Crippen LogP contribution in [0.2, 0.25) is 0 Å². The molecular weight excluding hydrogens is 408 g/mol. The number of aliphatic carboxylic acids is 1. The minimum absolute atomic E-state index is 0.200. The van der Waals surface area contributed by atoms with E-state index in [1.807, 2.05) is 25.1 Å². The molecule has 0 bridgehead atoms. The van der Waals surface area contributed by atoms with Crippen LogP contribution in [0.15, 0.2) is 41.3 Å². The van der Waals surface area contributed by atoms with Gasteiger partial charge in [-0.2, -0.15) is 0 Å². The van der Waals surface area contributed by atoms with E-state index < -0.39 is 12.6 Å². The van der Waals surface area contributed by atoms with E-state index in [9.17, 15) is 9.59 Å². The summed E-state index contributed by atoms with van der Waals surface area (Å²) in [5, 5.41) is 14.9. The Morgan fingerprint density at radius 2 is 1.90 bits per heavy atom. The van der Waals surface area contributed by atoms with Crippen molar-refractivity contribution in [2.24, 2.45) is 0 Å². The number of hydrogen-bond donors (Lipinski definition) is 3. The van der Waals surface area contributed by atoms with Crippen LogP contribution in [0.3, 0.4) is 0 Å². The third-order valence-corrected chi connectivity index (χ3v) is 5.24. The van der Waals surface area contributed by atoms with Crippen LogP contribution in [0.25, 0.3) is 6.08 Å². The number of carbonyl (C=O) groups is 2. The van der Waals surface area contributed by atoms with E-state index in [-0.39, 0.29) is 11.4 Å². The topological polar surface area (TPSA) is 106 Å². The van der Waals surface area contributed by atoms with E-state index in [2.05, 4.69) is 10.6 Å². The van der Waals surface area contributed by atoms with E-state index in [4.69, 9.17) is 19.3 Å². The summed E-state index contributed by atoms with van der Waals surface area (Å²) in [7, 11) is 3.06. The van der Waals surface area contributed by atoms with Crippen molar-refractivity contribution in [2.45, 2.75) is 12.4 Å². The molecule has 1 amide bonds. The zero-order chi connectivity index (χ0) is 21.7. The summed E-state index contributed by atoms with van der Waals surface area (Å²) >= 11 is 1.35. The molecule has 2 aromatic carbocycles. The van der Waals surface area contributed by atoms with Gasteiger partial charge in [-0.15, -0.1) is 0 Å². The molecule has 0 spiro atoms. The summed E-state index contributed by atoms with van der Waals surface area (Å²) in [5.74, 6) is 0.111. The van der Waals surface area contributed by atoms with Crippen LogP contribution in [0, 0.1) is 6.92 Å². The highest BCUT2D eigenvalue weighted by atomic mass is 32.2. The molecule has 0 aromatic heterocycles. The van der Waals surface area contributed by atoms with E-state index in [1.54, 1.807) is 31.4 Å². The van der Waals surface area contributed by atoms with Gasteiger partial charge in [0.15, 0.2) is 23.6 Å². The predicted octanol–water partition coefficient (Wildman–Crippen LogP) is 3.08. The molecule has 9 heteroatoms. The fourth-order valence-electron chi connectivity index (χ4n) is 2.83. The Morgan fingerprint density at radius 3 is 2.60 bits per heavy atom. The number of benzene rings is 2. The van der Waals surface area contributed by atoms with Crippen LogP contribution in [0.1, 0.15) is 11.1 Å². The zero-order valence-corrected chi connectivity index (χ0v) is 17.5. The number of rotatable bonds is 8. The number of hydrogen-bond acceptors (Lipinski definition) is 7. The third-order valence-electron chi connectivity index (χ3n) is 4.21. The lowest BCUT2D eigenvalue weighted by atomic mass is 10.2. The average molecular weight is 430 g/mol. The Hall–Kier alpha value is -3.33. The molecule has 1 aliphatic rings. The molecule has 1 saturated heterocycles. The summed E-state index contributed by atoms with van der Waals surface area (Å²) < 4.78 is 15.8. The molecule has 8 nitrogen and oxygen atoms in total. The van der Waals surface area contributed by atoms with Crippen molar-refractivity contribution in [3.8, 4) is 17.2 Å². The number of methoxy groups -OCH3 is 2. The van der Waals surface area contributed by atoms with Gasteiger partial charge in [0, 0.05) is 0 Å². The Labute approximate surface area is 178 Å². The van der Waals surface area contributed by atoms with Gasteiger partial charge in [-0.05, 0) is 48.4 Å². The number of carbonyl (C=O) groups excluding carboxylic acids is 1. The number of carboxylic acids is 1. The highest BCUT2D eigenvalue weighted by Crippen LogP contribution is 2.35. The van der Waals surface area contributed by atoms with Crippen LogP contribution in [-0.2, 0) is 9.59 Å². The van der Waals surface area contributed by atoms with E-state index in [0.29, 0.717) is 22.2 Å². The second-order valence-electron chi connectivity index (χ2n) is 6.42. The van der Waals surface area contributed by atoms with Crippen LogP contribution in [-0.4, -0.2) is 43.3 Å². The molecule has 3 rings (SSSR count). The van der Waals surface area contributed by atoms with Crippen molar-refractivity contribution in [3.63, 3.8) is 0 Å². The molecule has 0 saturated carbocycles. The van der Waals surface area contributed by atoms with Gasteiger partial charge < -0.3 is 30.0 Å². The maximum atomic E-state index is 12.4. The number of anilines is 1. The maximum Gasteiger partial charge on any atom is 0.341 e. The summed E-state index contributed by atoms with van der Waals surface area (Å²) in [4.78, 5) is 23.6. The first kappa shape index (κ1) is 21.4. The van der Waals surface area contributed by atoms with E-state index in [0.717, 1.165) is 16.8 Å². The molecule has 1 heterocycles. The monoisotopic (exact) mass is 430 g/mol.